The van der Waals surface area contributed by atoms with Gasteiger partial charge in [-0.2, -0.15) is 0 Å². The molecular weight excluding hydrogens is 376 g/mol. The smallest absolute Gasteiger partial charge is 0.333 e. The van der Waals surface area contributed by atoms with E-state index in [4.69, 9.17) is 4.74 Å². The van der Waals surface area contributed by atoms with Gasteiger partial charge < -0.3 is 10.1 Å². The molecule has 2 aromatic carbocycles. The lowest BCUT2D eigenvalue weighted by molar-refractivity contribution is -0.143. The molecule has 0 radical (unpaired) electrons. The number of sulfone groups is 1. The van der Waals surface area contributed by atoms with Crippen LogP contribution < -0.4 is 5.32 Å². The molecule has 0 saturated heterocycles. The zero-order chi connectivity index (χ0) is 19.9. The number of alkyl halides is 2. The number of carbonyl (C=O) groups excluding carboxylic acids is 1. The van der Waals surface area contributed by atoms with Crippen molar-refractivity contribution in [2.24, 2.45) is 0 Å². The molecule has 144 valence electrons. The first kappa shape index (κ1) is 20.6. The second-order valence-corrected chi connectivity index (χ2v) is 7.58. The van der Waals surface area contributed by atoms with E-state index in [2.05, 4.69) is 5.32 Å². The summed E-state index contributed by atoms with van der Waals surface area (Å²) in [5, 5.41) is 1.71. The molecule has 0 saturated carbocycles. The van der Waals surface area contributed by atoms with Gasteiger partial charge in [-0.15, -0.1) is 0 Å². The van der Waals surface area contributed by atoms with Crippen LogP contribution in [-0.2, 0) is 25.1 Å². The Morgan fingerprint density at radius 3 is 2.15 bits per heavy atom. The predicted molar refractivity (Wildman–Crippen MR) is 97.5 cm³/mol. The highest BCUT2D eigenvalue weighted by molar-refractivity contribution is 7.94. The predicted octanol–water partition coefficient (Wildman–Crippen LogP) is 3.21. The fraction of sp³-hybridized carbons (Fsp3) is 0.211. The summed E-state index contributed by atoms with van der Waals surface area (Å²) in [6.45, 7) is 0. The molecule has 0 aliphatic carbocycles. The van der Waals surface area contributed by atoms with E-state index in [9.17, 15) is 22.0 Å². The fourth-order valence-electron chi connectivity index (χ4n) is 2.41. The van der Waals surface area contributed by atoms with E-state index in [1.165, 1.54) is 0 Å². The fourth-order valence-corrected chi connectivity index (χ4v) is 3.81. The molecule has 0 spiro atoms. The molecule has 1 N–H and O–H groups in total. The molecule has 2 rings (SSSR count). The first-order valence-corrected chi connectivity index (χ1v) is 9.64. The van der Waals surface area contributed by atoms with Crippen LogP contribution in [0.5, 0.6) is 0 Å². The van der Waals surface area contributed by atoms with E-state index >= 15 is 0 Å². The number of rotatable bonds is 8. The Hall–Kier alpha value is -2.74. The monoisotopic (exact) mass is 395 g/mol. The lowest BCUT2D eigenvalue weighted by atomic mass is 10.1. The summed E-state index contributed by atoms with van der Waals surface area (Å²) in [4.78, 5) is 12.1. The molecule has 0 fully saturated rings. The largest absolute Gasteiger partial charge is 0.467 e. The maximum Gasteiger partial charge on any atom is 0.333 e. The van der Waals surface area contributed by atoms with Crippen LogP contribution in [0.4, 0.5) is 8.78 Å². The highest BCUT2D eigenvalue weighted by Crippen LogP contribution is 2.21. The van der Waals surface area contributed by atoms with Gasteiger partial charge in [-0.05, 0) is 11.1 Å². The van der Waals surface area contributed by atoms with Crippen molar-refractivity contribution in [3.63, 3.8) is 0 Å². The van der Waals surface area contributed by atoms with Gasteiger partial charge in [0.1, 0.15) is 5.03 Å². The Balaban J connectivity index is 2.38. The summed E-state index contributed by atoms with van der Waals surface area (Å²) in [7, 11) is -3.02. The van der Waals surface area contributed by atoms with Crippen LogP contribution in [-0.4, -0.2) is 27.9 Å². The van der Waals surface area contributed by atoms with Gasteiger partial charge in [0.25, 0.3) is 6.43 Å². The molecule has 2 aromatic rings. The first-order chi connectivity index (χ1) is 12.8. The normalized spacial score (nSPS) is 13.3. The number of hydrogen-bond acceptors (Lipinski definition) is 5. The van der Waals surface area contributed by atoms with E-state index in [0.29, 0.717) is 11.1 Å². The second kappa shape index (κ2) is 9.27. The van der Waals surface area contributed by atoms with E-state index in [1.54, 1.807) is 60.7 Å². The molecule has 8 heteroatoms. The van der Waals surface area contributed by atoms with Crippen LogP contribution in [0, 0.1) is 0 Å². The number of esters is 1. The SMILES string of the molecule is COC(=O)C(NC(=CC(F)F)S(=O)(=O)Cc1ccccc1)c1ccccc1. The Bertz CT molecular complexity index is 884. The minimum Gasteiger partial charge on any atom is -0.467 e. The van der Waals surface area contributed by atoms with E-state index in [1.807, 2.05) is 0 Å². The molecule has 5 nitrogen and oxygen atoms in total. The van der Waals surface area contributed by atoms with Crippen molar-refractivity contribution in [2.45, 2.75) is 18.2 Å². The highest BCUT2D eigenvalue weighted by atomic mass is 32.2. The van der Waals surface area contributed by atoms with Crippen LogP contribution >= 0.6 is 0 Å². The number of methoxy groups -OCH3 is 1. The average Bonchev–Trinajstić information content (AvgIpc) is 2.65. The van der Waals surface area contributed by atoms with Crippen LogP contribution in [0.25, 0.3) is 0 Å². The van der Waals surface area contributed by atoms with Gasteiger partial charge in [-0.1, -0.05) is 60.7 Å². The third-order valence-corrected chi connectivity index (χ3v) is 5.31. The maximum absolute atomic E-state index is 13.0. The van der Waals surface area contributed by atoms with E-state index in [-0.39, 0.29) is 6.08 Å². The maximum atomic E-state index is 13.0. The molecule has 0 bridgehead atoms. The Labute approximate surface area is 156 Å². The number of halogens is 2. The van der Waals surface area contributed by atoms with Gasteiger partial charge in [0.15, 0.2) is 15.9 Å². The summed E-state index contributed by atoms with van der Waals surface area (Å²) < 4.78 is 56.1. The summed E-state index contributed by atoms with van der Waals surface area (Å²) in [5.74, 6) is -1.28. The third kappa shape index (κ3) is 5.89. The number of hydrogen-bond donors (Lipinski definition) is 1. The van der Waals surface area contributed by atoms with Gasteiger partial charge >= 0.3 is 5.97 Å². The molecule has 0 aliphatic rings. The van der Waals surface area contributed by atoms with Crippen LogP contribution in [0.1, 0.15) is 17.2 Å². The van der Waals surface area contributed by atoms with Crippen molar-refractivity contribution in [1.29, 1.82) is 0 Å². The topological polar surface area (TPSA) is 72.5 Å². The standard InChI is InChI=1S/C19H19F2NO4S/c1-26-19(23)18(15-10-6-3-7-11-15)22-17(12-16(20)21)27(24,25)13-14-8-4-2-5-9-14/h2-12,16,18,22H,13H2,1H3. The van der Waals surface area contributed by atoms with Crippen LogP contribution in [0.15, 0.2) is 71.8 Å². The van der Waals surface area contributed by atoms with Crippen molar-refractivity contribution in [2.75, 3.05) is 7.11 Å². The quantitative estimate of drug-likeness (QED) is 0.695. The molecule has 0 amide bonds. The summed E-state index contributed by atoms with van der Waals surface area (Å²) >= 11 is 0. The summed E-state index contributed by atoms with van der Waals surface area (Å²) in [6.07, 6.45) is -2.73. The zero-order valence-electron chi connectivity index (χ0n) is 14.5. The molecule has 0 heterocycles. The van der Waals surface area contributed by atoms with Crippen molar-refractivity contribution in [1.82, 2.24) is 5.32 Å². The molecule has 0 aromatic heterocycles. The van der Waals surface area contributed by atoms with Gasteiger partial charge in [-0.3, -0.25) is 0 Å². The number of allylic oxidation sites excluding steroid dienone is 1. The van der Waals surface area contributed by atoms with Crippen molar-refractivity contribution >= 4 is 15.8 Å². The van der Waals surface area contributed by atoms with Crippen molar-refractivity contribution < 1.29 is 26.7 Å². The lowest BCUT2D eigenvalue weighted by Gasteiger charge is -2.20. The summed E-state index contributed by atoms with van der Waals surface area (Å²) in [6, 6.07) is 15.0. The first-order valence-electron chi connectivity index (χ1n) is 7.99. The molecular formula is C19H19F2NO4S. The van der Waals surface area contributed by atoms with E-state index < -0.39 is 39.1 Å². The molecule has 0 aliphatic heterocycles. The molecule has 27 heavy (non-hydrogen) atoms. The lowest BCUT2D eigenvalue weighted by Crippen LogP contribution is -2.33. The van der Waals surface area contributed by atoms with Gasteiger partial charge in [0.2, 0.25) is 0 Å². The van der Waals surface area contributed by atoms with Crippen molar-refractivity contribution in [3.8, 4) is 0 Å². The third-order valence-electron chi connectivity index (χ3n) is 3.67. The molecule has 1 atom stereocenters. The summed E-state index contributed by atoms with van der Waals surface area (Å²) in [5.41, 5.74) is 0.827. The van der Waals surface area contributed by atoms with Crippen molar-refractivity contribution in [3.05, 3.63) is 82.9 Å². The highest BCUT2D eigenvalue weighted by Gasteiger charge is 2.28. The van der Waals surface area contributed by atoms with Crippen LogP contribution in [0.2, 0.25) is 0 Å². The minimum absolute atomic E-state index is 0.289. The molecule has 1 unspecified atom stereocenters. The van der Waals surface area contributed by atoms with Crippen LogP contribution in [0.3, 0.4) is 0 Å². The number of benzene rings is 2. The second-order valence-electron chi connectivity index (χ2n) is 5.62. The number of ether oxygens (including phenoxy) is 1. The van der Waals surface area contributed by atoms with Gasteiger partial charge in [0.05, 0.1) is 12.9 Å². The Morgan fingerprint density at radius 2 is 1.63 bits per heavy atom. The Morgan fingerprint density at radius 1 is 1.07 bits per heavy atom. The minimum atomic E-state index is -4.15. The number of carbonyl (C=O) groups is 1. The van der Waals surface area contributed by atoms with Gasteiger partial charge in [-0.25, -0.2) is 22.0 Å². The van der Waals surface area contributed by atoms with Gasteiger partial charge in [0, 0.05) is 6.08 Å². The average molecular weight is 395 g/mol. The Kier molecular flexibility index (Phi) is 7.06. The zero-order valence-corrected chi connectivity index (χ0v) is 15.3. The number of nitrogens with one attached hydrogen (secondary N) is 1. The van der Waals surface area contributed by atoms with E-state index in [0.717, 1.165) is 7.11 Å².